The highest BCUT2D eigenvalue weighted by Crippen LogP contribution is 2.25. The highest BCUT2D eigenvalue weighted by atomic mass is 19.1. The minimum absolute atomic E-state index is 0.0710. The molecule has 0 atom stereocenters. The van der Waals surface area contributed by atoms with Gasteiger partial charge in [0.05, 0.1) is 7.11 Å². The summed E-state index contributed by atoms with van der Waals surface area (Å²) in [5.41, 5.74) is 1.86. The van der Waals surface area contributed by atoms with Gasteiger partial charge in [-0.2, -0.15) is 0 Å². The zero-order valence-electron chi connectivity index (χ0n) is 10.1. The van der Waals surface area contributed by atoms with Gasteiger partial charge in [0.1, 0.15) is 0 Å². The van der Waals surface area contributed by atoms with Crippen LogP contribution in [-0.2, 0) is 0 Å². The summed E-state index contributed by atoms with van der Waals surface area (Å²) in [6, 6.07) is 6.32. The molecule has 1 heterocycles. The fourth-order valence-electron chi connectivity index (χ4n) is 1.64. The number of hydrogen-bond donors (Lipinski definition) is 0. The van der Waals surface area contributed by atoms with E-state index >= 15 is 0 Å². The van der Waals surface area contributed by atoms with Gasteiger partial charge in [-0.3, -0.25) is 9.78 Å². The van der Waals surface area contributed by atoms with Crippen LogP contribution in [0.1, 0.15) is 17.3 Å². The van der Waals surface area contributed by atoms with E-state index in [1.54, 1.807) is 24.4 Å². The molecular weight excluding hydrogens is 233 g/mol. The van der Waals surface area contributed by atoms with Gasteiger partial charge in [0, 0.05) is 23.5 Å². The lowest BCUT2D eigenvalue weighted by Crippen LogP contribution is -1.94. The molecule has 0 aliphatic heterocycles. The van der Waals surface area contributed by atoms with E-state index in [4.69, 9.17) is 4.74 Å². The maximum Gasteiger partial charge on any atom is 0.165 e. The highest BCUT2D eigenvalue weighted by Gasteiger charge is 2.07. The highest BCUT2D eigenvalue weighted by molar-refractivity contribution is 5.94. The van der Waals surface area contributed by atoms with Crippen molar-refractivity contribution in [3.63, 3.8) is 0 Å². The SMILES string of the molecule is COc1ccc(-c2cncc(C(C)=O)c2)cc1F. The van der Waals surface area contributed by atoms with Crippen LogP contribution in [0.15, 0.2) is 36.7 Å². The second-order valence-electron chi connectivity index (χ2n) is 3.87. The first kappa shape index (κ1) is 12.2. The van der Waals surface area contributed by atoms with Crippen LogP contribution in [0.3, 0.4) is 0 Å². The first-order chi connectivity index (χ1) is 8.61. The average Bonchev–Trinajstić information content (AvgIpc) is 2.38. The van der Waals surface area contributed by atoms with Crippen LogP contribution in [0.2, 0.25) is 0 Å². The fourth-order valence-corrected chi connectivity index (χ4v) is 1.64. The van der Waals surface area contributed by atoms with E-state index in [1.165, 1.54) is 26.3 Å². The fraction of sp³-hybridized carbons (Fsp3) is 0.143. The third-order valence-electron chi connectivity index (χ3n) is 2.63. The summed E-state index contributed by atoms with van der Waals surface area (Å²) in [6.07, 6.45) is 3.08. The molecule has 0 fully saturated rings. The van der Waals surface area contributed by atoms with E-state index < -0.39 is 5.82 Å². The lowest BCUT2D eigenvalue weighted by atomic mass is 10.0. The minimum Gasteiger partial charge on any atom is -0.494 e. The van der Waals surface area contributed by atoms with Gasteiger partial charge in [-0.05, 0) is 30.7 Å². The molecule has 4 heteroatoms. The zero-order valence-corrected chi connectivity index (χ0v) is 10.1. The van der Waals surface area contributed by atoms with Crippen LogP contribution >= 0.6 is 0 Å². The Kier molecular flexibility index (Phi) is 3.37. The number of rotatable bonds is 3. The Labute approximate surface area is 104 Å². The molecule has 0 amide bonds. The summed E-state index contributed by atoms with van der Waals surface area (Å²) in [6.45, 7) is 1.47. The quantitative estimate of drug-likeness (QED) is 0.780. The molecule has 18 heavy (non-hydrogen) atoms. The summed E-state index contributed by atoms with van der Waals surface area (Å²) in [5, 5.41) is 0. The molecule has 0 saturated carbocycles. The second-order valence-corrected chi connectivity index (χ2v) is 3.87. The van der Waals surface area contributed by atoms with E-state index in [2.05, 4.69) is 4.98 Å². The minimum atomic E-state index is -0.441. The largest absolute Gasteiger partial charge is 0.494 e. The van der Waals surface area contributed by atoms with Crippen molar-refractivity contribution in [2.45, 2.75) is 6.92 Å². The summed E-state index contributed by atoms with van der Waals surface area (Å²) in [7, 11) is 1.41. The third-order valence-corrected chi connectivity index (χ3v) is 2.63. The number of carbonyl (C=O) groups excluding carboxylic acids is 1. The number of ketones is 1. The molecule has 3 nitrogen and oxygen atoms in total. The van der Waals surface area contributed by atoms with Crippen molar-refractivity contribution in [1.82, 2.24) is 4.98 Å². The van der Waals surface area contributed by atoms with Gasteiger partial charge in [-0.1, -0.05) is 6.07 Å². The third kappa shape index (κ3) is 2.37. The van der Waals surface area contributed by atoms with Crippen LogP contribution in [0, 0.1) is 5.82 Å². The first-order valence-electron chi connectivity index (χ1n) is 5.41. The summed E-state index contributed by atoms with van der Waals surface area (Å²) >= 11 is 0. The van der Waals surface area contributed by atoms with Gasteiger partial charge >= 0.3 is 0 Å². The molecule has 0 saturated heterocycles. The predicted molar refractivity (Wildman–Crippen MR) is 66.2 cm³/mol. The van der Waals surface area contributed by atoms with E-state index in [-0.39, 0.29) is 11.5 Å². The number of nitrogens with zero attached hydrogens (tertiary/aromatic N) is 1. The van der Waals surface area contributed by atoms with Crippen molar-refractivity contribution >= 4 is 5.78 Å². The number of Topliss-reactive ketones (excluding diaryl/α,β-unsaturated/α-hetero) is 1. The van der Waals surface area contributed by atoms with Crippen LogP contribution in [0.5, 0.6) is 5.75 Å². The predicted octanol–water partition coefficient (Wildman–Crippen LogP) is 3.10. The molecule has 1 aromatic heterocycles. The van der Waals surface area contributed by atoms with Gasteiger partial charge in [-0.25, -0.2) is 4.39 Å². The van der Waals surface area contributed by atoms with Crippen molar-refractivity contribution in [3.8, 4) is 16.9 Å². The average molecular weight is 245 g/mol. The van der Waals surface area contributed by atoms with E-state index in [0.717, 1.165) is 0 Å². The van der Waals surface area contributed by atoms with Gasteiger partial charge in [-0.15, -0.1) is 0 Å². The second kappa shape index (κ2) is 4.96. The molecule has 0 N–H and O–H groups in total. The number of aromatic nitrogens is 1. The summed E-state index contributed by atoms with van der Waals surface area (Å²) < 4.78 is 18.4. The molecule has 2 rings (SSSR count). The molecule has 0 spiro atoms. The number of halogens is 1. The molecule has 92 valence electrons. The van der Waals surface area contributed by atoms with Crippen LogP contribution in [0.4, 0.5) is 4.39 Å². The Balaban J connectivity index is 2.45. The molecule has 0 bridgehead atoms. The number of ether oxygens (including phenoxy) is 1. The zero-order chi connectivity index (χ0) is 13.1. The summed E-state index contributed by atoms with van der Waals surface area (Å²) in [5.74, 6) is -0.323. The van der Waals surface area contributed by atoms with Crippen LogP contribution in [0.25, 0.3) is 11.1 Å². The smallest absolute Gasteiger partial charge is 0.165 e. The number of hydrogen-bond acceptors (Lipinski definition) is 3. The Morgan fingerprint density at radius 1 is 1.22 bits per heavy atom. The first-order valence-corrected chi connectivity index (χ1v) is 5.41. The van der Waals surface area contributed by atoms with Gasteiger partial charge in [0.15, 0.2) is 17.3 Å². The monoisotopic (exact) mass is 245 g/mol. The van der Waals surface area contributed by atoms with Gasteiger partial charge in [0.2, 0.25) is 0 Å². The van der Waals surface area contributed by atoms with Crippen LogP contribution < -0.4 is 4.74 Å². The van der Waals surface area contributed by atoms with E-state index in [1.807, 2.05) is 0 Å². The number of pyridine rings is 1. The van der Waals surface area contributed by atoms with Crippen molar-refractivity contribution in [2.75, 3.05) is 7.11 Å². The lowest BCUT2D eigenvalue weighted by molar-refractivity contribution is 0.101. The normalized spacial score (nSPS) is 10.2. The van der Waals surface area contributed by atoms with Crippen molar-refractivity contribution in [3.05, 3.63) is 48.0 Å². The molecule has 0 radical (unpaired) electrons. The molecule has 1 aromatic carbocycles. The van der Waals surface area contributed by atoms with Gasteiger partial charge in [0.25, 0.3) is 0 Å². The number of benzene rings is 1. The molecule has 2 aromatic rings. The van der Waals surface area contributed by atoms with Crippen LogP contribution in [-0.4, -0.2) is 17.9 Å². The van der Waals surface area contributed by atoms with Crippen molar-refractivity contribution in [1.29, 1.82) is 0 Å². The maximum atomic E-state index is 13.6. The van der Waals surface area contributed by atoms with Gasteiger partial charge < -0.3 is 4.74 Å². The van der Waals surface area contributed by atoms with E-state index in [0.29, 0.717) is 16.7 Å². The maximum absolute atomic E-state index is 13.6. The van der Waals surface area contributed by atoms with E-state index in [9.17, 15) is 9.18 Å². The molecule has 0 aliphatic carbocycles. The Morgan fingerprint density at radius 2 is 2.00 bits per heavy atom. The summed E-state index contributed by atoms with van der Waals surface area (Å²) in [4.78, 5) is 15.2. The molecule has 0 unspecified atom stereocenters. The van der Waals surface area contributed by atoms with Crippen molar-refractivity contribution < 1.29 is 13.9 Å². The Hall–Kier alpha value is -2.23. The lowest BCUT2D eigenvalue weighted by Gasteiger charge is -2.06. The number of methoxy groups -OCH3 is 1. The standard InChI is InChI=1S/C14H12FNO2/c1-9(17)11-5-12(8-16-7-11)10-3-4-14(18-2)13(15)6-10/h3-8H,1-2H3. The Bertz CT molecular complexity index is 596. The van der Waals surface area contributed by atoms with Crippen molar-refractivity contribution in [2.24, 2.45) is 0 Å². The Morgan fingerprint density at radius 3 is 2.61 bits per heavy atom. The number of carbonyl (C=O) groups is 1. The topological polar surface area (TPSA) is 39.2 Å². The molecule has 0 aliphatic rings. The molecular formula is C14H12FNO2.